The van der Waals surface area contributed by atoms with Crippen LogP contribution in [0.5, 0.6) is 5.75 Å². The summed E-state index contributed by atoms with van der Waals surface area (Å²) >= 11 is 0. The summed E-state index contributed by atoms with van der Waals surface area (Å²) in [7, 11) is 0. The Bertz CT molecular complexity index is 1240. The lowest BCUT2D eigenvalue weighted by atomic mass is 10.1. The van der Waals surface area contributed by atoms with Crippen molar-refractivity contribution in [3.05, 3.63) is 95.6 Å². The van der Waals surface area contributed by atoms with Gasteiger partial charge in [-0.25, -0.2) is 5.48 Å². The van der Waals surface area contributed by atoms with Crippen LogP contribution in [0.1, 0.15) is 22.3 Å². The van der Waals surface area contributed by atoms with Gasteiger partial charge >= 0.3 is 0 Å². The second-order valence-corrected chi connectivity index (χ2v) is 7.54. The van der Waals surface area contributed by atoms with E-state index >= 15 is 0 Å². The number of carbonyl (C=O) groups is 3. The molecule has 3 aromatic rings. The van der Waals surface area contributed by atoms with Gasteiger partial charge in [-0.1, -0.05) is 54.6 Å². The molecule has 1 heterocycles. The number of carbonyl (C=O) groups excluding carboxylic acids is 3. The lowest BCUT2D eigenvalue weighted by molar-refractivity contribution is -0.136. The van der Waals surface area contributed by atoms with Gasteiger partial charge in [-0.2, -0.15) is 0 Å². The Morgan fingerprint density at radius 3 is 2.36 bits per heavy atom. The Hall–Kier alpha value is -4.23. The number of benzene rings is 3. The molecule has 0 fully saturated rings. The van der Waals surface area contributed by atoms with Crippen molar-refractivity contribution >= 4 is 34.6 Å². The summed E-state index contributed by atoms with van der Waals surface area (Å²) in [5, 5.41) is 10.9. The Morgan fingerprint density at radius 2 is 1.64 bits per heavy atom. The maximum atomic E-state index is 12.1. The lowest BCUT2D eigenvalue weighted by Crippen LogP contribution is -2.32. The number of hydrogen-bond acceptors (Lipinski definition) is 5. The van der Waals surface area contributed by atoms with E-state index < -0.39 is 5.91 Å². The van der Waals surface area contributed by atoms with Gasteiger partial charge in [-0.05, 0) is 34.7 Å². The van der Waals surface area contributed by atoms with E-state index in [1.54, 1.807) is 29.7 Å². The molecular weight excluding hydrogens is 420 g/mol. The maximum Gasteiger partial charge on any atom is 0.274 e. The molecule has 0 bridgehead atoms. The third-order valence-corrected chi connectivity index (χ3v) is 5.34. The average molecular weight is 442 g/mol. The Labute approximate surface area is 190 Å². The third-order valence-electron chi connectivity index (χ3n) is 5.34. The first-order valence-corrected chi connectivity index (χ1v) is 10.4. The predicted molar refractivity (Wildman–Crippen MR) is 124 cm³/mol. The van der Waals surface area contributed by atoms with Gasteiger partial charge in [0.2, 0.25) is 0 Å². The molecule has 0 saturated heterocycles. The van der Waals surface area contributed by atoms with Crippen molar-refractivity contribution in [1.82, 2.24) is 10.4 Å². The summed E-state index contributed by atoms with van der Waals surface area (Å²) in [5.74, 6) is -0.540. The highest BCUT2D eigenvalue weighted by Crippen LogP contribution is 2.26. The molecule has 0 radical (unpaired) electrons. The number of nitrogens with one attached hydrogen (secondary N) is 1. The third kappa shape index (κ3) is 5.16. The highest BCUT2D eigenvalue weighted by molar-refractivity contribution is 6.13. The Balaban J connectivity index is 1.52. The molecule has 0 atom stereocenters. The largest absolute Gasteiger partial charge is 0.493 e. The van der Waals surface area contributed by atoms with E-state index in [4.69, 9.17) is 9.94 Å². The summed E-state index contributed by atoms with van der Waals surface area (Å²) in [6.07, 6.45) is 4.87. The SMILES string of the molecule is O=C(NO)c1ccc(C=C(CCOc2cccc3ccccc23)CN2C(=O)C=CC2=O)cc1. The van der Waals surface area contributed by atoms with Gasteiger partial charge in [0.1, 0.15) is 5.75 Å². The molecule has 166 valence electrons. The normalized spacial score (nSPS) is 13.6. The minimum Gasteiger partial charge on any atom is -0.493 e. The van der Waals surface area contributed by atoms with Crippen molar-refractivity contribution in [1.29, 1.82) is 0 Å². The number of rotatable bonds is 8. The number of imide groups is 1. The molecular formula is C26H22N2O5. The van der Waals surface area contributed by atoms with Crippen molar-refractivity contribution in [2.75, 3.05) is 13.2 Å². The van der Waals surface area contributed by atoms with Crippen LogP contribution in [0.15, 0.2) is 84.5 Å². The fraction of sp³-hybridized carbons (Fsp3) is 0.115. The number of amides is 3. The molecule has 7 nitrogen and oxygen atoms in total. The van der Waals surface area contributed by atoms with Gasteiger partial charge in [0.25, 0.3) is 17.7 Å². The summed E-state index contributed by atoms with van der Waals surface area (Å²) in [4.78, 5) is 36.8. The lowest BCUT2D eigenvalue weighted by Gasteiger charge is -2.17. The molecule has 4 rings (SSSR count). The quantitative estimate of drug-likeness (QED) is 0.315. The highest BCUT2D eigenvalue weighted by Gasteiger charge is 2.24. The zero-order chi connectivity index (χ0) is 23.2. The van der Waals surface area contributed by atoms with Gasteiger partial charge < -0.3 is 4.74 Å². The highest BCUT2D eigenvalue weighted by atomic mass is 16.5. The molecule has 0 spiro atoms. The fourth-order valence-corrected chi connectivity index (χ4v) is 3.63. The summed E-state index contributed by atoms with van der Waals surface area (Å²) in [5.41, 5.74) is 3.51. The maximum absolute atomic E-state index is 12.1. The van der Waals surface area contributed by atoms with E-state index in [1.165, 1.54) is 17.1 Å². The molecule has 1 aliphatic heterocycles. The number of fused-ring (bicyclic) bond motifs is 1. The smallest absolute Gasteiger partial charge is 0.274 e. The molecule has 3 amide bonds. The fourth-order valence-electron chi connectivity index (χ4n) is 3.63. The van der Waals surface area contributed by atoms with Crippen LogP contribution in [-0.4, -0.2) is 41.0 Å². The summed E-state index contributed by atoms with van der Waals surface area (Å²) in [6, 6.07) is 20.4. The first-order chi connectivity index (χ1) is 16.0. The van der Waals surface area contributed by atoms with Crippen LogP contribution < -0.4 is 10.2 Å². The molecule has 0 unspecified atom stereocenters. The Morgan fingerprint density at radius 1 is 0.939 bits per heavy atom. The summed E-state index contributed by atoms with van der Waals surface area (Å²) in [6.45, 7) is 0.497. The number of nitrogens with zero attached hydrogens (tertiary/aromatic N) is 1. The summed E-state index contributed by atoms with van der Waals surface area (Å²) < 4.78 is 6.05. The van der Waals surface area contributed by atoms with Crippen molar-refractivity contribution in [2.24, 2.45) is 0 Å². The van der Waals surface area contributed by atoms with Gasteiger partial charge in [0, 0.05) is 29.5 Å². The first-order valence-electron chi connectivity index (χ1n) is 10.4. The second-order valence-electron chi connectivity index (χ2n) is 7.54. The van der Waals surface area contributed by atoms with Crippen LogP contribution in [0.2, 0.25) is 0 Å². The molecule has 0 aliphatic carbocycles. The predicted octanol–water partition coefficient (Wildman–Crippen LogP) is 3.74. The standard InChI is InChI=1S/C26H22N2O5/c29-24-12-13-25(30)28(24)17-19(16-18-8-10-21(11-9-18)26(31)27-32)14-15-33-23-7-3-5-20-4-1-2-6-22(20)23/h1-13,16,32H,14-15,17H2,(H,27,31). The van der Waals surface area contributed by atoms with E-state index in [9.17, 15) is 14.4 Å². The van der Waals surface area contributed by atoms with E-state index in [0.717, 1.165) is 27.7 Å². The van der Waals surface area contributed by atoms with E-state index in [2.05, 4.69) is 0 Å². The minimum absolute atomic E-state index is 0.141. The Kier molecular flexibility index (Phi) is 6.61. The van der Waals surface area contributed by atoms with Crippen LogP contribution in [-0.2, 0) is 9.59 Å². The average Bonchev–Trinajstić information content (AvgIpc) is 3.16. The van der Waals surface area contributed by atoms with Crippen LogP contribution in [0, 0.1) is 0 Å². The van der Waals surface area contributed by atoms with Crippen molar-refractivity contribution in [2.45, 2.75) is 6.42 Å². The molecule has 7 heteroatoms. The van der Waals surface area contributed by atoms with Crippen LogP contribution in [0.4, 0.5) is 0 Å². The second kappa shape index (κ2) is 9.93. The molecule has 3 aromatic carbocycles. The number of hydroxylamine groups is 1. The topological polar surface area (TPSA) is 95.9 Å². The van der Waals surface area contributed by atoms with Crippen molar-refractivity contribution in [3.8, 4) is 5.75 Å². The zero-order valence-electron chi connectivity index (χ0n) is 17.7. The zero-order valence-corrected chi connectivity index (χ0v) is 17.7. The van der Waals surface area contributed by atoms with Gasteiger partial charge in [-0.15, -0.1) is 0 Å². The van der Waals surface area contributed by atoms with E-state index in [0.29, 0.717) is 18.6 Å². The first kappa shape index (κ1) is 22.0. The molecule has 1 aliphatic rings. The number of ether oxygens (including phenoxy) is 1. The molecule has 2 N–H and O–H groups in total. The van der Waals surface area contributed by atoms with Gasteiger partial charge in [0.05, 0.1) is 13.2 Å². The molecule has 0 aromatic heterocycles. The van der Waals surface area contributed by atoms with Gasteiger partial charge in [-0.3, -0.25) is 24.5 Å². The number of hydrogen-bond donors (Lipinski definition) is 2. The van der Waals surface area contributed by atoms with Gasteiger partial charge in [0.15, 0.2) is 0 Å². The minimum atomic E-state index is -0.603. The van der Waals surface area contributed by atoms with Crippen LogP contribution >= 0.6 is 0 Å². The van der Waals surface area contributed by atoms with Crippen molar-refractivity contribution < 1.29 is 24.3 Å². The van der Waals surface area contributed by atoms with Crippen molar-refractivity contribution in [3.63, 3.8) is 0 Å². The molecule has 0 saturated carbocycles. The van der Waals surface area contributed by atoms with Crippen LogP contribution in [0.25, 0.3) is 16.8 Å². The van der Waals surface area contributed by atoms with E-state index in [-0.39, 0.29) is 18.4 Å². The van der Waals surface area contributed by atoms with Crippen LogP contribution in [0.3, 0.4) is 0 Å². The molecule has 33 heavy (non-hydrogen) atoms. The monoisotopic (exact) mass is 442 g/mol. The van der Waals surface area contributed by atoms with E-state index in [1.807, 2.05) is 48.5 Å².